The summed E-state index contributed by atoms with van der Waals surface area (Å²) in [6.45, 7) is 2.88. The van der Waals surface area contributed by atoms with Crippen molar-refractivity contribution >= 4 is 11.9 Å². The van der Waals surface area contributed by atoms with Crippen LogP contribution in [0.5, 0.6) is 0 Å². The maximum atomic E-state index is 12.7. The number of carboxylic acids is 1. The highest BCUT2D eigenvalue weighted by Crippen LogP contribution is 2.31. The van der Waals surface area contributed by atoms with Gasteiger partial charge in [0.1, 0.15) is 0 Å². The van der Waals surface area contributed by atoms with Crippen LogP contribution in [0.15, 0.2) is 18.5 Å². The molecule has 0 fully saturated rings. The van der Waals surface area contributed by atoms with E-state index < -0.39 is 34.6 Å². The molecule has 5 nitrogen and oxygen atoms in total. The van der Waals surface area contributed by atoms with Gasteiger partial charge in [0.2, 0.25) is 0 Å². The molecule has 0 spiro atoms. The van der Waals surface area contributed by atoms with Crippen molar-refractivity contribution in [2.45, 2.75) is 26.4 Å². The summed E-state index contributed by atoms with van der Waals surface area (Å²) in [5.74, 6) is -1.98. The molecule has 1 amide bonds. The zero-order chi connectivity index (χ0) is 16.3. The summed E-state index contributed by atoms with van der Waals surface area (Å²) in [5.41, 5.74) is -2.74. The van der Waals surface area contributed by atoms with Gasteiger partial charge in [-0.1, -0.05) is 0 Å². The minimum atomic E-state index is -4.66. The van der Waals surface area contributed by atoms with Crippen LogP contribution in [0.4, 0.5) is 13.2 Å². The van der Waals surface area contributed by atoms with E-state index in [2.05, 4.69) is 10.3 Å². The van der Waals surface area contributed by atoms with E-state index in [1.165, 1.54) is 13.8 Å². The minimum Gasteiger partial charge on any atom is -0.481 e. The lowest BCUT2D eigenvalue weighted by Crippen LogP contribution is -2.32. The topological polar surface area (TPSA) is 79.3 Å². The number of carboxylic acid groups (broad SMARTS) is 1. The number of alkyl halides is 3. The van der Waals surface area contributed by atoms with E-state index >= 15 is 0 Å². The standard InChI is InChI=1S/C13H15F3N2O3/c1-12(2,11(20)21)4-6-18-10(19)8-7-17-5-3-9(8)13(14,15)16/h3,5,7H,4,6H2,1-2H3,(H,18,19)(H,20,21). The van der Waals surface area contributed by atoms with E-state index in [0.29, 0.717) is 0 Å². The van der Waals surface area contributed by atoms with E-state index in [0.717, 1.165) is 18.5 Å². The third-order valence-corrected chi connectivity index (χ3v) is 2.99. The number of carbonyl (C=O) groups is 2. The molecule has 21 heavy (non-hydrogen) atoms. The van der Waals surface area contributed by atoms with Crippen LogP contribution < -0.4 is 5.32 Å². The molecular formula is C13H15F3N2O3. The number of aromatic nitrogens is 1. The van der Waals surface area contributed by atoms with Gasteiger partial charge < -0.3 is 10.4 Å². The van der Waals surface area contributed by atoms with Crippen molar-refractivity contribution in [1.82, 2.24) is 10.3 Å². The maximum Gasteiger partial charge on any atom is 0.417 e. The Morgan fingerprint density at radius 1 is 1.33 bits per heavy atom. The van der Waals surface area contributed by atoms with Crippen molar-refractivity contribution in [3.63, 3.8) is 0 Å². The van der Waals surface area contributed by atoms with E-state index in [-0.39, 0.29) is 13.0 Å². The van der Waals surface area contributed by atoms with Gasteiger partial charge in [-0.2, -0.15) is 13.2 Å². The van der Waals surface area contributed by atoms with Crippen LogP contribution in [0.25, 0.3) is 0 Å². The number of halogens is 3. The van der Waals surface area contributed by atoms with Gasteiger partial charge >= 0.3 is 12.1 Å². The third kappa shape index (κ3) is 4.44. The number of hydrogen-bond donors (Lipinski definition) is 2. The Labute approximate surface area is 119 Å². The van der Waals surface area contributed by atoms with Crippen LogP contribution in [0, 0.1) is 5.41 Å². The highest BCUT2D eigenvalue weighted by molar-refractivity contribution is 5.95. The minimum absolute atomic E-state index is 0.0513. The molecule has 1 rings (SSSR count). The zero-order valence-corrected chi connectivity index (χ0v) is 11.5. The Hall–Kier alpha value is -2.12. The summed E-state index contributed by atoms with van der Waals surface area (Å²) in [6.07, 6.45) is -2.78. The first-order valence-electron chi connectivity index (χ1n) is 6.08. The molecule has 0 radical (unpaired) electrons. The van der Waals surface area contributed by atoms with Crippen molar-refractivity contribution in [1.29, 1.82) is 0 Å². The number of hydrogen-bond acceptors (Lipinski definition) is 3. The number of carbonyl (C=O) groups excluding carboxylic acids is 1. The molecular weight excluding hydrogens is 289 g/mol. The number of amides is 1. The Morgan fingerprint density at radius 3 is 2.48 bits per heavy atom. The van der Waals surface area contributed by atoms with Gasteiger partial charge in [0.15, 0.2) is 0 Å². The summed E-state index contributed by atoms with van der Waals surface area (Å²) in [7, 11) is 0. The predicted octanol–water partition coefficient (Wildman–Crippen LogP) is 2.33. The molecule has 1 aromatic rings. The molecule has 0 saturated carbocycles. The monoisotopic (exact) mass is 304 g/mol. The van der Waals surface area contributed by atoms with Gasteiger partial charge in [0.25, 0.3) is 5.91 Å². The summed E-state index contributed by atoms with van der Waals surface area (Å²) in [6, 6.07) is 0.718. The van der Waals surface area contributed by atoms with Gasteiger partial charge in [0, 0.05) is 18.9 Å². The Balaban J connectivity index is 2.76. The fourth-order valence-electron chi connectivity index (χ4n) is 1.51. The first-order chi connectivity index (χ1) is 9.55. The van der Waals surface area contributed by atoms with Gasteiger partial charge in [-0.15, -0.1) is 0 Å². The molecule has 8 heteroatoms. The molecule has 1 aromatic heterocycles. The molecule has 0 aromatic carbocycles. The van der Waals surface area contributed by atoms with Crippen LogP contribution in [-0.4, -0.2) is 28.5 Å². The molecule has 0 bridgehead atoms. The predicted molar refractivity (Wildman–Crippen MR) is 67.6 cm³/mol. The Bertz CT molecular complexity index is 542. The normalized spacial score (nSPS) is 12.0. The molecule has 116 valence electrons. The Kier molecular flexibility index (Phi) is 4.93. The summed E-state index contributed by atoms with van der Waals surface area (Å²) in [5, 5.41) is 11.2. The second-order valence-corrected chi connectivity index (χ2v) is 5.11. The second kappa shape index (κ2) is 6.11. The van der Waals surface area contributed by atoms with Crippen LogP contribution in [0.3, 0.4) is 0 Å². The van der Waals surface area contributed by atoms with Gasteiger partial charge in [-0.3, -0.25) is 14.6 Å². The van der Waals surface area contributed by atoms with E-state index in [1.54, 1.807) is 0 Å². The molecule has 0 aliphatic carbocycles. The highest BCUT2D eigenvalue weighted by Gasteiger charge is 2.35. The van der Waals surface area contributed by atoms with Gasteiger partial charge in [-0.25, -0.2) is 0 Å². The maximum absolute atomic E-state index is 12.7. The number of nitrogens with one attached hydrogen (secondary N) is 1. The van der Waals surface area contributed by atoms with E-state index in [9.17, 15) is 22.8 Å². The second-order valence-electron chi connectivity index (χ2n) is 5.11. The van der Waals surface area contributed by atoms with Crippen molar-refractivity contribution in [3.8, 4) is 0 Å². The van der Waals surface area contributed by atoms with Crippen molar-refractivity contribution in [2.75, 3.05) is 6.54 Å². The lowest BCUT2D eigenvalue weighted by molar-refractivity contribution is -0.147. The first kappa shape index (κ1) is 16.9. The fraction of sp³-hybridized carbons (Fsp3) is 0.462. The van der Waals surface area contributed by atoms with Crippen LogP contribution in [0.2, 0.25) is 0 Å². The SMILES string of the molecule is CC(C)(CCNC(=O)c1cnccc1C(F)(F)F)C(=O)O. The first-order valence-corrected chi connectivity index (χ1v) is 6.08. The molecule has 0 atom stereocenters. The summed E-state index contributed by atoms with van der Waals surface area (Å²) >= 11 is 0. The van der Waals surface area contributed by atoms with Crippen molar-refractivity contribution < 1.29 is 27.9 Å². The largest absolute Gasteiger partial charge is 0.481 e. The number of aliphatic carboxylic acids is 1. The van der Waals surface area contributed by atoms with E-state index in [4.69, 9.17) is 5.11 Å². The van der Waals surface area contributed by atoms with Crippen LogP contribution in [-0.2, 0) is 11.0 Å². The number of pyridine rings is 1. The lowest BCUT2D eigenvalue weighted by atomic mass is 9.89. The average molecular weight is 304 g/mol. The number of nitrogens with zero attached hydrogens (tertiary/aromatic N) is 1. The molecule has 0 aliphatic rings. The van der Waals surface area contributed by atoms with Crippen LogP contribution >= 0.6 is 0 Å². The Morgan fingerprint density at radius 2 is 1.95 bits per heavy atom. The van der Waals surface area contributed by atoms with Gasteiger partial charge in [-0.05, 0) is 26.3 Å². The molecule has 0 aliphatic heterocycles. The smallest absolute Gasteiger partial charge is 0.417 e. The average Bonchev–Trinajstić information content (AvgIpc) is 2.37. The fourth-order valence-corrected chi connectivity index (χ4v) is 1.51. The molecule has 0 unspecified atom stereocenters. The lowest BCUT2D eigenvalue weighted by Gasteiger charge is -2.19. The van der Waals surface area contributed by atoms with E-state index in [1.807, 2.05) is 0 Å². The molecule has 1 heterocycles. The van der Waals surface area contributed by atoms with Crippen molar-refractivity contribution in [2.24, 2.45) is 5.41 Å². The summed E-state index contributed by atoms with van der Waals surface area (Å²) < 4.78 is 38.2. The number of rotatable bonds is 5. The van der Waals surface area contributed by atoms with Crippen LogP contribution in [0.1, 0.15) is 36.2 Å². The quantitative estimate of drug-likeness (QED) is 0.875. The zero-order valence-electron chi connectivity index (χ0n) is 11.5. The summed E-state index contributed by atoms with van der Waals surface area (Å²) in [4.78, 5) is 26.2. The highest BCUT2D eigenvalue weighted by atomic mass is 19.4. The van der Waals surface area contributed by atoms with Gasteiger partial charge in [0.05, 0.1) is 16.5 Å². The third-order valence-electron chi connectivity index (χ3n) is 2.99. The molecule has 0 saturated heterocycles. The molecule has 2 N–H and O–H groups in total. The van der Waals surface area contributed by atoms with Crippen molar-refractivity contribution in [3.05, 3.63) is 29.6 Å².